The molecule has 8 heteroatoms. The first kappa shape index (κ1) is 17.4. The molecule has 120 valence electrons. The van der Waals surface area contributed by atoms with E-state index in [0.29, 0.717) is 22.8 Å². The van der Waals surface area contributed by atoms with Gasteiger partial charge in [0.25, 0.3) is 0 Å². The highest BCUT2D eigenvalue weighted by Gasteiger charge is 2.28. The fourth-order valence-corrected chi connectivity index (χ4v) is 1.88. The largest absolute Gasteiger partial charge is 0.493 e. The molecule has 0 amide bonds. The van der Waals surface area contributed by atoms with Crippen molar-refractivity contribution in [3.05, 3.63) is 17.7 Å². The minimum absolute atomic E-state index is 0.00524. The first-order chi connectivity index (χ1) is 9.86. The number of ether oxygens (including phenoxy) is 3. The molecule has 0 saturated heterocycles. The van der Waals surface area contributed by atoms with Gasteiger partial charge in [-0.1, -0.05) is 0 Å². The van der Waals surface area contributed by atoms with Crippen molar-refractivity contribution in [1.82, 2.24) is 5.32 Å². The van der Waals surface area contributed by atoms with E-state index in [2.05, 4.69) is 5.32 Å². The van der Waals surface area contributed by atoms with Gasteiger partial charge in [-0.2, -0.15) is 13.2 Å². The third-order valence-electron chi connectivity index (χ3n) is 2.87. The predicted octanol–water partition coefficient (Wildman–Crippen LogP) is 1.86. The number of hydrogen-bond acceptors (Lipinski definition) is 5. The van der Waals surface area contributed by atoms with Gasteiger partial charge in [0.1, 0.15) is 0 Å². The molecule has 0 aliphatic heterocycles. The standard InChI is InChI=1S/C13H19F3N2O3/c1-19-10-4-8(5-11(20-2)12(10)21-3)9(6-17)18-7-13(14,15)16/h4-5,9,18H,6-7,17H2,1-3H3. The molecule has 1 rings (SSSR count). The molecular weight excluding hydrogens is 289 g/mol. The zero-order valence-electron chi connectivity index (χ0n) is 12.1. The highest BCUT2D eigenvalue weighted by atomic mass is 19.4. The van der Waals surface area contributed by atoms with E-state index in [4.69, 9.17) is 19.9 Å². The second-order valence-corrected chi connectivity index (χ2v) is 4.24. The van der Waals surface area contributed by atoms with E-state index < -0.39 is 18.8 Å². The van der Waals surface area contributed by atoms with Gasteiger partial charge in [0.15, 0.2) is 11.5 Å². The van der Waals surface area contributed by atoms with Crippen LogP contribution in [0.15, 0.2) is 12.1 Å². The molecule has 0 spiro atoms. The molecule has 1 aromatic carbocycles. The number of halogens is 3. The van der Waals surface area contributed by atoms with E-state index >= 15 is 0 Å². The fourth-order valence-electron chi connectivity index (χ4n) is 1.88. The van der Waals surface area contributed by atoms with Gasteiger partial charge >= 0.3 is 6.18 Å². The number of benzene rings is 1. The summed E-state index contributed by atoms with van der Waals surface area (Å²) in [4.78, 5) is 0. The summed E-state index contributed by atoms with van der Waals surface area (Å²) in [6.07, 6.45) is -4.31. The van der Waals surface area contributed by atoms with Crippen molar-refractivity contribution < 1.29 is 27.4 Å². The summed E-state index contributed by atoms with van der Waals surface area (Å²) in [5.41, 5.74) is 6.07. The highest BCUT2D eigenvalue weighted by molar-refractivity contribution is 5.54. The first-order valence-corrected chi connectivity index (χ1v) is 6.16. The maximum absolute atomic E-state index is 12.3. The molecule has 0 heterocycles. The van der Waals surface area contributed by atoms with Gasteiger partial charge in [0.2, 0.25) is 5.75 Å². The summed E-state index contributed by atoms with van der Waals surface area (Å²) in [6.45, 7) is -1.14. The number of hydrogen-bond donors (Lipinski definition) is 2. The number of rotatable bonds is 7. The Morgan fingerprint density at radius 3 is 1.95 bits per heavy atom. The summed E-state index contributed by atoms with van der Waals surface area (Å²) in [5.74, 6) is 1.09. The van der Waals surface area contributed by atoms with E-state index in [1.807, 2.05) is 0 Å². The van der Waals surface area contributed by atoms with Gasteiger partial charge in [-0.05, 0) is 17.7 Å². The zero-order chi connectivity index (χ0) is 16.0. The van der Waals surface area contributed by atoms with E-state index in [1.54, 1.807) is 12.1 Å². The molecule has 0 aliphatic carbocycles. The van der Waals surface area contributed by atoms with Crippen LogP contribution in [-0.4, -0.2) is 40.6 Å². The lowest BCUT2D eigenvalue weighted by atomic mass is 10.1. The van der Waals surface area contributed by atoms with Gasteiger partial charge in [-0.15, -0.1) is 0 Å². The van der Waals surface area contributed by atoms with Crippen molar-refractivity contribution in [2.75, 3.05) is 34.4 Å². The van der Waals surface area contributed by atoms with Crippen LogP contribution in [0.1, 0.15) is 11.6 Å². The third-order valence-corrected chi connectivity index (χ3v) is 2.87. The molecule has 3 N–H and O–H groups in total. The van der Waals surface area contributed by atoms with Crippen LogP contribution in [0.5, 0.6) is 17.2 Å². The van der Waals surface area contributed by atoms with Crippen LogP contribution in [0.2, 0.25) is 0 Å². The van der Waals surface area contributed by atoms with Crippen LogP contribution in [-0.2, 0) is 0 Å². The molecule has 0 fully saturated rings. The topological polar surface area (TPSA) is 65.7 Å². The summed E-state index contributed by atoms with van der Waals surface area (Å²) < 4.78 is 52.4. The summed E-state index contributed by atoms with van der Waals surface area (Å²) >= 11 is 0. The van der Waals surface area contributed by atoms with Gasteiger partial charge < -0.3 is 25.3 Å². The molecule has 0 aliphatic rings. The van der Waals surface area contributed by atoms with E-state index in [9.17, 15) is 13.2 Å². The van der Waals surface area contributed by atoms with Crippen LogP contribution in [0, 0.1) is 0 Å². The maximum Gasteiger partial charge on any atom is 0.401 e. The number of alkyl halides is 3. The van der Waals surface area contributed by atoms with Crippen molar-refractivity contribution >= 4 is 0 Å². The number of nitrogens with two attached hydrogens (primary N) is 1. The minimum atomic E-state index is -4.31. The van der Waals surface area contributed by atoms with Gasteiger partial charge in [0, 0.05) is 12.6 Å². The second kappa shape index (κ2) is 7.37. The summed E-state index contributed by atoms with van der Waals surface area (Å²) in [5, 5.41) is 2.36. The second-order valence-electron chi connectivity index (χ2n) is 4.24. The normalized spacial score (nSPS) is 12.9. The van der Waals surface area contributed by atoms with Crippen LogP contribution in [0.25, 0.3) is 0 Å². The van der Waals surface area contributed by atoms with Crippen molar-refractivity contribution in [3.63, 3.8) is 0 Å². The molecule has 0 aromatic heterocycles. The monoisotopic (exact) mass is 308 g/mol. The van der Waals surface area contributed by atoms with Crippen molar-refractivity contribution in [2.24, 2.45) is 5.73 Å². The van der Waals surface area contributed by atoms with Crippen LogP contribution >= 0.6 is 0 Å². The van der Waals surface area contributed by atoms with Gasteiger partial charge in [0.05, 0.1) is 27.9 Å². The summed E-state index contributed by atoms with van der Waals surface area (Å²) in [7, 11) is 4.31. The summed E-state index contributed by atoms with van der Waals surface area (Å²) in [6, 6.07) is 2.46. The Bertz CT molecular complexity index is 441. The van der Waals surface area contributed by atoms with E-state index in [1.165, 1.54) is 21.3 Å². The average molecular weight is 308 g/mol. The molecule has 1 atom stereocenters. The van der Waals surface area contributed by atoms with Gasteiger partial charge in [-0.25, -0.2) is 0 Å². The Morgan fingerprint density at radius 1 is 1.10 bits per heavy atom. The third kappa shape index (κ3) is 4.68. The number of nitrogens with one attached hydrogen (secondary N) is 1. The molecule has 1 aromatic rings. The first-order valence-electron chi connectivity index (χ1n) is 6.16. The lowest BCUT2D eigenvalue weighted by Crippen LogP contribution is -2.35. The highest BCUT2D eigenvalue weighted by Crippen LogP contribution is 2.39. The van der Waals surface area contributed by atoms with Gasteiger partial charge in [-0.3, -0.25) is 0 Å². The molecule has 1 unspecified atom stereocenters. The quantitative estimate of drug-likeness (QED) is 0.805. The zero-order valence-corrected chi connectivity index (χ0v) is 12.1. The molecule has 21 heavy (non-hydrogen) atoms. The Hall–Kier alpha value is -1.67. The minimum Gasteiger partial charge on any atom is -0.493 e. The smallest absolute Gasteiger partial charge is 0.401 e. The molecule has 0 saturated carbocycles. The fraction of sp³-hybridized carbons (Fsp3) is 0.538. The lowest BCUT2D eigenvalue weighted by Gasteiger charge is -2.21. The molecular formula is C13H19F3N2O3. The molecule has 0 bridgehead atoms. The average Bonchev–Trinajstić information content (AvgIpc) is 2.45. The Labute approximate surface area is 121 Å². The number of methoxy groups -OCH3 is 3. The Balaban J connectivity index is 3.09. The lowest BCUT2D eigenvalue weighted by molar-refractivity contribution is -0.126. The molecule has 5 nitrogen and oxygen atoms in total. The van der Waals surface area contributed by atoms with Crippen LogP contribution < -0.4 is 25.3 Å². The van der Waals surface area contributed by atoms with Crippen LogP contribution in [0.3, 0.4) is 0 Å². The van der Waals surface area contributed by atoms with Crippen LogP contribution in [0.4, 0.5) is 13.2 Å². The van der Waals surface area contributed by atoms with Crippen molar-refractivity contribution in [3.8, 4) is 17.2 Å². The Morgan fingerprint density at radius 2 is 1.62 bits per heavy atom. The predicted molar refractivity (Wildman–Crippen MR) is 72.0 cm³/mol. The Kier molecular flexibility index (Phi) is 6.10. The van der Waals surface area contributed by atoms with E-state index in [0.717, 1.165) is 0 Å². The van der Waals surface area contributed by atoms with Crippen molar-refractivity contribution in [2.45, 2.75) is 12.2 Å². The SMILES string of the molecule is COc1cc(C(CN)NCC(F)(F)F)cc(OC)c1OC. The maximum atomic E-state index is 12.3. The molecule has 0 radical (unpaired) electrons. The van der Waals surface area contributed by atoms with Crippen molar-refractivity contribution in [1.29, 1.82) is 0 Å². The van der Waals surface area contributed by atoms with E-state index in [-0.39, 0.29) is 6.54 Å².